The molecular weight excluding hydrogens is 343 g/mol. The van der Waals surface area contributed by atoms with E-state index in [1.54, 1.807) is 0 Å². The van der Waals surface area contributed by atoms with Crippen LogP contribution in [-0.4, -0.2) is 43.1 Å². The van der Waals surface area contributed by atoms with Gasteiger partial charge in [-0.05, 0) is 30.9 Å². The molecule has 1 aliphatic rings. The van der Waals surface area contributed by atoms with Crippen LogP contribution in [0.4, 0.5) is 13.2 Å². The molecule has 9 heteroatoms. The van der Waals surface area contributed by atoms with Crippen LogP contribution in [0, 0.1) is 11.8 Å². The average molecular weight is 361 g/mol. The number of carboxylic acids is 1. The predicted molar refractivity (Wildman–Crippen MR) is 80.1 cm³/mol. The molecule has 1 aromatic rings. The maximum absolute atomic E-state index is 12.4. The number of benzene rings is 1. The summed E-state index contributed by atoms with van der Waals surface area (Å²) >= 11 is 0. The zero-order valence-corrected chi connectivity index (χ0v) is 13.2. The number of nitrogens with one attached hydrogen (secondary N) is 1. The van der Waals surface area contributed by atoms with E-state index in [4.69, 9.17) is 4.74 Å². The van der Waals surface area contributed by atoms with Gasteiger partial charge in [0.25, 0.3) is 5.91 Å². The number of amides is 1. The van der Waals surface area contributed by atoms with Crippen molar-refractivity contribution in [1.29, 1.82) is 0 Å². The van der Waals surface area contributed by atoms with Gasteiger partial charge >= 0.3 is 12.3 Å². The summed E-state index contributed by atoms with van der Waals surface area (Å²) in [6, 6.07) is 4.90. The molecule has 1 fully saturated rings. The van der Waals surface area contributed by atoms with Crippen molar-refractivity contribution in [3.63, 3.8) is 0 Å². The van der Waals surface area contributed by atoms with Crippen LogP contribution in [-0.2, 0) is 9.53 Å². The molecule has 25 heavy (non-hydrogen) atoms. The van der Waals surface area contributed by atoms with Gasteiger partial charge in [-0.3, -0.25) is 9.59 Å². The highest BCUT2D eigenvalue weighted by atomic mass is 19.4. The minimum Gasteiger partial charge on any atom is -0.481 e. The number of halogens is 3. The molecule has 1 aliphatic heterocycles. The molecule has 0 bridgehead atoms. The summed E-state index contributed by atoms with van der Waals surface area (Å²) in [7, 11) is 0. The molecule has 0 aromatic heterocycles. The summed E-state index contributed by atoms with van der Waals surface area (Å²) < 4.78 is 46.2. The second-order valence-electron chi connectivity index (χ2n) is 5.65. The van der Waals surface area contributed by atoms with Gasteiger partial charge in [-0.2, -0.15) is 0 Å². The van der Waals surface area contributed by atoms with Crippen molar-refractivity contribution in [2.24, 2.45) is 11.8 Å². The van der Waals surface area contributed by atoms with Gasteiger partial charge in [0.15, 0.2) is 0 Å². The Morgan fingerprint density at radius 2 is 1.92 bits per heavy atom. The number of carbonyl (C=O) groups is 2. The fraction of sp³-hybridized carbons (Fsp3) is 0.500. The summed E-state index contributed by atoms with van der Waals surface area (Å²) in [4.78, 5) is 23.6. The van der Waals surface area contributed by atoms with Gasteiger partial charge in [-0.1, -0.05) is 12.1 Å². The molecule has 0 spiro atoms. The minimum absolute atomic E-state index is 0.159. The number of rotatable bonds is 6. The van der Waals surface area contributed by atoms with Crippen LogP contribution in [0.3, 0.4) is 0 Å². The van der Waals surface area contributed by atoms with Crippen molar-refractivity contribution in [3.8, 4) is 5.75 Å². The number of ether oxygens (including phenoxy) is 2. The normalized spacial score (nSPS) is 16.9. The fourth-order valence-corrected chi connectivity index (χ4v) is 2.74. The molecule has 1 heterocycles. The third-order valence-electron chi connectivity index (χ3n) is 3.99. The molecule has 1 aromatic carbocycles. The van der Waals surface area contributed by atoms with E-state index in [-0.39, 0.29) is 18.0 Å². The van der Waals surface area contributed by atoms with E-state index in [2.05, 4.69) is 10.1 Å². The van der Waals surface area contributed by atoms with E-state index in [9.17, 15) is 27.9 Å². The SMILES string of the molecule is O=C(NCC(C(=O)O)C1CCOCC1)c1ccccc1OC(F)(F)F. The van der Waals surface area contributed by atoms with Gasteiger partial charge in [0.05, 0.1) is 11.5 Å². The first kappa shape index (κ1) is 19.0. The number of para-hydroxylation sites is 1. The number of hydrogen-bond donors (Lipinski definition) is 2. The summed E-state index contributed by atoms with van der Waals surface area (Å²) in [5, 5.41) is 11.7. The molecule has 0 aliphatic carbocycles. The van der Waals surface area contributed by atoms with Crippen LogP contribution in [0.25, 0.3) is 0 Å². The van der Waals surface area contributed by atoms with Gasteiger partial charge in [0.1, 0.15) is 5.75 Å². The molecule has 0 radical (unpaired) electrons. The zero-order valence-electron chi connectivity index (χ0n) is 13.2. The topological polar surface area (TPSA) is 84.9 Å². The van der Waals surface area contributed by atoms with E-state index in [0.29, 0.717) is 26.1 Å². The maximum Gasteiger partial charge on any atom is 0.573 e. The lowest BCUT2D eigenvalue weighted by Crippen LogP contribution is -2.39. The average Bonchev–Trinajstić information content (AvgIpc) is 2.54. The van der Waals surface area contributed by atoms with Crippen molar-refractivity contribution in [2.45, 2.75) is 19.2 Å². The monoisotopic (exact) mass is 361 g/mol. The highest BCUT2D eigenvalue weighted by Gasteiger charge is 2.33. The molecule has 138 valence electrons. The lowest BCUT2D eigenvalue weighted by molar-refractivity contribution is -0.274. The first-order valence-corrected chi connectivity index (χ1v) is 7.71. The fourth-order valence-electron chi connectivity index (χ4n) is 2.74. The Morgan fingerprint density at radius 1 is 1.28 bits per heavy atom. The summed E-state index contributed by atoms with van der Waals surface area (Å²) in [5.41, 5.74) is -0.309. The van der Waals surface area contributed by atoms with Crippen molar-refractivity contribution in [2.75, 3.05) is 19.8 Å². The van der Waals surface area contributed by atoms with Gasteiger partial charge < -0.3 is 19.9 Å². The third kappa shape index (κ3) is 5.63. The van der Waals surface area contributed by atoms with E-state index in [1.807, 2.05) is 0 Å². The minimum atomic E-state index is -4.93. The molecule has 1 unspecified atom stereocenters. The molecular formula is C16H18F3NO5. The van der Waals surface area contributed by atoms with Crippen LogP contribution < -0.4 is 10.1 Å². The largest absolute Gasteiger partial charge is 0.573 e. The van der Waals surface area contributed by atoms with Gasteiger partial charge in [-0.15, -0.1) is 13.2 Å². The standard InChI is InChI=1S/C16H18F3NO5/c17-16(18,19)25-13-4-2-1-3-11(13)14(21)20-9-12(15(22)23)10-5-7-24-8-6-10/h1-4,10,12H,5-9H2,(H,20,21)(H,22,23). The maximum atomic E-state index is 12.4. The Balaban J connectivity index is 2.04. The number of carbonyl (C=O) groups excluding carboxylic acids is 1. The lowest BCUT2D eigenvalue weighted by atomic mass is 9.86. The first-order chi connectivity index (χ1) is 11.8. The van der Waals surface area contributed by atoms with Crippen LogP contribution in [0.15, 0.2) is 24.3 Å². The quantitative estimate of drug-likeness (QED) is 0.813. The molecule has 1 atom stereocenters. The van der Waals surface area contributed by atoms with Gasteiger partial charge in [0.2, 0.25) is 0 Å². The van der Waals surface area contributed by atoms with Gasteiger partial charge in [-0.25, -0.2) is 0 Å². The Morgan fingerprint density at radius 3 is 2.52 bits per heavy atom. The van der Waals surface area contributed by atoms with Crippen LogP contribution in [0.5, 0.6) is 5.75 Å². The Bertz CT molecular complexity index is 614. The summed E-state index contributed by atoms with van der Waals surface area (Å²) in [5.74, 6) is -3.51. The number of carboxylic acid groups (broad SMARTS) is 1. The van der Waals surface area contributed by atoms with Crippen LogP contribution in [0.1, 0.15) is 23.2 Å². The predicted octanol–water partition coefficient (Wildman–Crippen LogP) is 2.44. The molecule has 2 N–H and O–H groups in total. The van der Waals surface area contributed by atoms with Crippen LogP contribution >= 0.6 is 0 Å². The Labute approximate surface area is 141 Å². The number of alkyl halides is 3. The van der Waals surface area contributed by atoms with Crippen molar-refractivity contribution in [3.05, 3.63) is 29.8 Å². The second-order valence-corrected chi connectivity index (χ2v) is 5.65. The van der Waals surface area contributed by atoms with E-state index in [1.165, 1.54) is 18.2 Å². The van der Waals surface area contributed by atoms with E-state index in [0.717, 1.165) is 6.07 Å². The van der Waals surface area contributed by atoms with E-state index < -0.39 is 29.9 Å². The molecule has 2 rings (SSSR count). The number of hydrogen-bond acceptors (Lipinski definition) is 4. The Hall–Kier alpha value is -2.29. The zero-order chi connectivity index (χ0) is 18.4. The summed E-state index contributed by atoms with van der Waals surface area (Å²) in [6.45, 7) is 0.717. The highest BCUT2D eigenvalue weighted by Crippen LogP contribution is 2.27. The second kappa shape index (κ2) is 8.19. The van der Waals surface area contributed by atoms with Crippen molar-refractivity contribution in [1.82, 2.24) is 5.32 Å². The lowest BCUT2D eigenvalue weighted by Gasteiger charge is -2.27. The molecule has 0 saturated carbocycles. The molecule has 6 nitrogen and oxygen atoms in total. The first-order valence-electron chi connectivity index (χ1n) is 7.71. The van der Waals surface area contributed by atoms with Crippen molar-refractivity contribution >= 4 is 11.9 Å². The summed E-state index contributed by atoms with van der Waals surface area (Å²) in [6.07, 6.45) is -3.82. The molecule has 1 amide bonds. The van der Waals surface area contributed by atoms with Crippen LogP contribution in [0.2, 0.25) is 0 Å². The third-order valence-corrected chi connectivity index (χ3v) is 3.99. The van der Waals surface area contributed by atoms with Crippen molar-refractivity contribution < 1.29 is 37.3 Å². The highest BCUT2D eigenvalue weighted by molar-refractivity contribution is 5.97. The number of aliphatic carboxylic acids is 1. The Kier molecular flexibility index (Phi) is 6.24. The van der Waals surface area contributed by atoms with Gasteiger partial charge in [0, 0.05) is 19.8 Å². The molecule has 1 saturated heterocycles. The smallest absolute Gasteiger partial charge is 0.481 e. The van der Waals surface area contributed by atoms with E-state index >= 15 is 0 Å².